The van der Waals surface area contributed by atoms with Crippen LogP contribution < -0.4 is 10.6 Å². The van der Waals surface area contributed by atoms with E-state index >= 15 is 0 Å². The number of hydrogen-bond donors (Lipinski definition) is 2. The van der Waals surface area contributed by atoms with Crippen molar-refractivity contribution in [3.8, 4) is 11.3 Å². The quantitative estimate of drug-likeness (QED) is 0.265. The normalized spacial score (nSPS) is 15.1. The summed E-state index contributed by atoms with van der Waals surface area (Å²) in [5.74, 6) is -1.21. The number of aromatic nitrogens is 1. The first-order valence-electron chi connectivity index (χ1n) is 11.8. The van der Waals surface area contributed by atoms with Crippen LogP contribution in [0, 0.1) is 0 Å². The number of para-hydroxylation sites is 1. The summed E-state index contributed by atoms with van der Waals surface area (Å²) in [4.78, 5) is 44.3. The largest absolute Gasteiger partial charge is 0.463 e. The van der Waals surface area contributed by atoms with Crippen LogP contribution in [0.4, 0.5) is 4.79 Å². The SMILES string of the molecule is CCOC(=O)C1=C(COC(=O)c2cc(-c3ccc(Br)cc3)nc3ccccc23)NC(=O)NC1c1cccs1. The second-order valence-electron chi connectivity index (χ2n) is 8.31. The van der Waals surface area contributed by atoms with Crippen molar-refractivity contribution in [3.05, 3.63) is 98.3 Å². The number of thiophene rings is 1. The van der Waals surface area contributed by atoms with Crippen LogP contribution in [-0.4, -0.2) is 36.2 Å². The first-order chi connectivity index (χ1) is 18.4. The zero-order valence-electron chi connectivity index (χ0n) is 20.2. The van der Waals surface area contributed by atoms with Gasteiger partial charge in [-0.15, -0.1) is 11.3 Å². The fourth-order valence-electron chi connectivity index (χ4n) is 4.18. The van der Waals surface area contributed by atoms with Crippen LogP contribution >= 0.6 is 27.3 Å². The molecule has 38 heavy (non-hydrogen) atoms. The molecule has 2 aromatic heterocycles. The molecule has 2 aromatic carbocycles. The lowest BCUT2D eigenvalue weighted by Gasteiger charge is -2.28. The second-order valence-corrected chi connectivity index (χ2v) is 10.2. The molecule has 4 aromatic rings. The van der Waals surface area contributed by atoms with Crippen LogP contribution in [0.3, 0.4) is 0 Å². The summed E-state index contributed by atoms with van der Waals surface area (Å²) >= 11 is 4.83. The van der Waals surface area contributed by atoms with Crippen molar-refractivity contribution in [2.45, 2.75) is 13.0 Å². The molecular weight excluding hydrogens is 570 g/mol. The number of amides is 2. The number of esters is 2. The van der Waals surface area contributed by atoms with Crippen LogP contribution in [0.1, 0.15) is 28.2 Å². The number of urea groups is 1. The summed E-state index contributed by atoms with van der Waals surface area (Å²) in [6, 6.07) is 19.0. The number of benzene rings is 2. The molecule has 1 aliphatic rings. The molecule has 2 amide bonds. The van der Waals surface area contributed by atoms with Crippen molar-refractivity contribution < 1.29 is 23.9 Å². The third kappa shape index (κ3) is 5.32. The van der Waals surface area contributed by atoms with Gasteiger partial charge >= 0.3 is 18.0 Å². The van der Waals surface area contributed by atoms with Crippen LogP contribution in [-0.2, 0) is 14.3 Å². The Kier molecular flexibility index (Phi) is 7.52. The van der Waals surface area contributed by atoms with Gasteiger partial charge in [-0.3, -0.25) is 0 Å². The average Bonchev–Trinajstić information content (AvgIpc) is 3.46. The molecule has 0 saturated carbocycles. The Labute approximate surface area is 230 Å². The lowest BCUT2D eigenvalue weighted by atomic mass is 10.0. The Morgan fingerprint density at radius 3 is 2.55 bits per heavy atom. The first-order valence-corrected chi connectivity index (χ1v) is 13.5. The monoisotopic (exact) mass is 591 g/mol. The zero-order valence-corrected chi connectivity index (χ0v) is 22.6. The van der Waals surface area contributed by atoms with Crippen LogP contribution in [0.15, 0.2) is 87.9 Å². The van der Waals surface area contributed by atoms with Gasteiger partial charge < -0.3 is 20.1 Å². The maximum Gasteiger partial charge on any atom is 0.339 e. The molecule has 0 fully saturated rings. The number of carbonyl (C=O) groups is 3. The maximum absolute atomic E-state index is 13.4. The summed E-state index contributed by atoms with van der Waals surface area (Å²) in [5.41, 5.74) is 2.77. The summed E-state index contributed by atoms with van der Waals surface area (Å²) in [5, 5.41) is 7.86. The Hall–Kier alpha value is -4.02. The molecule has 1 atom stereocenters. The van der Waals surface area contributed by atoms with Gasteiger partial charge in [0.15, 0.2) is 0 Å². The standard InChI is InChI=1S/C28H22BrN3O5S/c1-2-36-27(34)24-22(31-28(35)32-25(24)23-8-5-13-38-23)15-37-26(33)19-14-21(16-9-11-17(29)12-10-16)30-20-7-4-3-6-18(19)20/h3-14,25H,2,15H2,1H3,(H2,31,32,35). The van der Waals surface area contributed by atoms with Gasteiger partial charge in [0, 0.05) is 20.3 Å². The second kappa shape index (κ2) is 11.2. The zero-order chi connectivity index (χ0) is 26.6. The molecule has 0 bridgehead atoms. The molecule has 2 N–H and O–H groups in total. The summed E-state index contributed by atoms with van der Waals surface area (Å²) in [6.07, 6.45) is 0. The van der Waals surface area contributed by atoms with Crippen molar-refractivity contribution in [1.29, 1.82) is 0 Å². The molecule has 10 heteroatoms. The fraction of sp³-hybridized carbons (Fsp3) is 0.143. The van der Waals surface area contributed by atoms with Gasteiger partial charge in [-0.25, -0.2) is 19.4 Å². The van der Waals surface area contributed by atoms with Gasteiger partial charge in [0.05, 0.1) is 40.7 Å². The third-order valence-corrected chi connectivity index (χ3v) is 7.37. The van der Waals surface area contributed by atoms with Crippen LogP contribution in [0.5, 0.6) is 0 Å². The number of nitrogens with one attached hydrogen (secondary N) is 2. The summed E-state index contributed by atoms with van der Waals surface area (Å²) in [7, 11) is 0. The number of carbonyl (C=O) groups excluding carboxylic acids is 3. The highest BCUT2D eigenvalue weighted by Crippen LogP contribution is 2.31. The summed E-state index contributed by atoms with van der Waals surface area (Å²) in [6.45, 7) is 1.53. The number of halogens is 1. The van der Waals surface area contributed by atoms with Crippen molar-refractivity contribution in [3.63, 3.8) is 0 Å². The molecule has 192 valence electrons. The topological polar surface area (TPSA) is 107 Å². The van der Waals surface area contributed by atoms with Crippen LogP contribution in [0.2, 0.25) is 0 Å². The molecule has 8 nitrogen and oxygen atoms in total. The molecule has 5 rings (SSSR count). The van der Waals surface area contributed by atoms with E-state index in [1.54, 1.807) is 19.1 Å². The Bertz CT molecular complexity index is 1550. The minimum atomic E-state index is -0.720. The number of rotatable bonds is 7. The van der Waals surface area contributed by atoms with Gasteiger partial charge in [0.2, 0.25) is 0 Å². The van der Waals surface area contributed by atoms with E-state index in [0.29, 0.717) is 22.2 Å². The van der Waals surface area contributed by atoms with Crippen molar-refractivity contribution in [2.24, 2.45) is 0 Å². The van der Waals surface area contributed by atoms with Crippen molar-refractivity contribution in [2.75, 3.05) is 13.2 Å². The highest BCUT2D eigenvalue weighted by atomic mass is 79.9. The van der Waals surface area contributed by atoms with Gasteiger partial charge in [-0.05, 0) is 42.6 Å². The van der Waals surface area contributed by atoms with Crippen molar-refractivity contribution >= 4 is 56.1 Å². The smallest absolute Gasteiger partial charge is 0.339 e. The lowest BCUT2D eigenvalue weighted by molar-refractivity contribution is -0.139. The highest BCUT2D eigenvalue weighted by Gasteiger charge is 2.35. The van der Waals surface area contributed by atoms with Crippen LogP contribution in [0.25, 0.3) is 22.2 Å². The van der Waals surface area contributed by atoms with E-state index < -0.39 is 24.0 Å². The minimum absolute atomic E-state index is 0.155. The Balaban J connectivity index is 1.49. The molecule has 1 aliphatic heterocycles. The van der Waals surface area contributed by atoms with E-state index in [9.17, 15) is 14.4 Å². The van der Waals surface area contributed by atoms with Gasteiger partial charge in [-0.1, -0.05) is 52.3 Å². The van der Waals surface area contributed by atoms with E-state index in [1.807, 2.05) is 60.0 Å². The average molecular weight is 592 g/mol. The number of hydrogen-bond acceptors (Lipinski definition) is 7. The lowest BCUT2D eigenvalue weighted by Crippen LogP contribution is -2.46. The molecule has 3 heterocycles. The highest BCUT2D eigenvalue weighted by molar-refractivity contribution is 9.10. The molecule has 1 unspecified atom stereocenters. The van der Waals surface area contributed by atoms with Gasteiger partial charge in [-0.2, -0.15) is 0 Å². The molecular formula is C28H22BrN3O5S. The predicted octanol–water partition coefficient (Wildman–Crippen LogP) is 5.75. The molecule has 0 radical (unpaired) electrons. The molecule has 0 aliphatic carbocycles. The Morgan fingerprint density at radius 2 is 1.82 bits per heavy atom. The number of fused-ring (bicyclic) bond motifs is 1. The Morgan fingerprint density at radius 1 is 1.03 bits per heavy atom. The number of ether oxygens (including phenoxy) is 2. The van der Waals surface area contributed by atoms with E-state index in [1.165, 1.54) is 11.3 Å². The van der Waals surface area contributed by atoms with Gasteiger partial charge in [0.1, 0.15) is 6.61 Å². The number of pyridine rings is 1. The number of nitrogens with zero attached hydrogens (tertiary/aromatic N) is 1. The van der Waals surface area contributed by atoms with E-state index in [-0.39, 0.29) is 24.5 Å². The minimum Gasteiger partial charge on any atom is -0.463 e. The van der Waals surface area contributed by atoms with E-state index in [4.69, 9.17) is 14.5 Å². The van der Waals surface area contributed by atoms with E-state index in [0.717, 1.165) is 14.9 Å². The van der Waals surface area contributed by atoms with Crippen molar-refractivity contribution in [1.82, 2.24) is 15.6 Å². The molecule has 0 spiro atoms. The fourth-order valence-corrected chi connectivity index (χ4v) is 5.23. The molecule has 0 saturated heterocycles. The van der Waals surface area contributed by atoms with E-state index in [2.05, 4.69) is 26.6 Å². The first kappa shape index (κ1) is 25.6. The van der Waals surface area contributed by atoms with Gasteiger partial charge in [0.25, 0.3) is 0 Å². The third-order valence-electron chi connectivity index (χ3n) is 5.90. The predicted molar refractivity (Wildman–Crippen MR) is 148 cm³/mol. The maximum atomic E-state index is 13.4. The summed E-state index contributed by atoms with van der Waals surface area (Å²) < 4.78 is 11.9.